The summed E-state index contributed by atoms with van der Waals surface area (Å²) in [6.07, 6.45) is -2.84. The first-order chi connectivity index (χ1) is 17.9. The number of aromatic amines is 1. The topological polar surface area (TPSA) is 161 Å². The van der Waals surface area contributed by atoms with E-state index in [2.05, 4.69) is 10.1 Å². The maximum Gasteiger partial charge on any atom is 0.330 e. The van der Waals surface area contributed by atoms with Crippen molar-refractivity contribution in [3.05, 3.63) is 75.6 Å². The standard InChI is InChI=1S/C24H28N3O9PS/c1-14(21(30)33-3)26-37(38,36-17-10-6-8-15-7-4-5-9-16(15)17)34-13-18-20(29)24(2,32)22(35-18)27-12-11-19(28)25-23(27)31/h4-12,14,18,20,22,29,32H,13H2,1-3H3,(H,26,38)(H,25,28,31)/t14?,18-,20-,22-,24-,37?/m1/s1. The summed E-state index contributed by atoms with van der Waals surface area (Å²) in [6.45, 7) is -1.04. The van der Waals surface area contributed by atoms with Gasteiger partial charge in [-0.3, -0.25) is 19.1 Å². The van der Waals surface area contributed by atoms with Gasteiger partial charge in [0.1, 0.15) is 29.6 Å². The number of nitrogens with zero attached hydrogens (tertiary/aromatic N) is 1. The number of aliphatic hydroxyl groups is 2. The molecule has 38 heavy (non-hydrogen) atoms. The molecule has 2 heterocycles. The zero-order valence-corrected chi connectivity index (χ0v) is 22.5. The van der Waals surface area contributed by atoms with Crippen molar-refractivity contribution in [1.29, 1.82) is 0 Å². The number of hydrogen-bond acceptors (Lipinski definition) is 10. The predicted molar refractivity (Wildman–Crippen MR) is 141 cm³/mol. The van der Waals surface area contributed by atoms with Crippen molar-refractivity contribution in [3.63, 3.8) is 0 Å². The van der Waals surface area contributed by atoms with E-state index in [1.807, 2.05) is 30.3 Å². The molecule has 204 valence electrons. The minimum Gasteiger partial charge on any atom is -0.468 e. The van der Waals surface area contributed by atoms with Crippen LogP contribution in [0.25, 0.3) is 10.8 Å². The Balaban J connectivity index is 1.60. The lowest BCUT2D eigenvalue weighted by Crippen LogP contribution is -2.47. The molecular weight excluding hydrogens is 537 g/mol. The van der Waals surface area contributed by atoms with Gasteiger partial charge in [-0.2, -0.15) is 0 Å². The molecule has 1 fully saturated rings. The average molecular weight is 566 g/mol. The number of H-pyrrole nitrogens is 1. The lowest BCUT2D eigenvalue weighted by Gasteiger charge is -2.28. The van der Waals surface area contributed by atoms with Gasteiger partial charge in [-0.05, 0) is 37.1 Å². The number of hydrogen-bond donors (Lipinski definition) is 4. The third kappa shape index (κ3) is 5.74. The van der Waals surface area contributed by atoms with E-state index in [0.717, 1.165) is 27.6 Å². The fourth-order valence-corrected chi connectivity index (χ4v) is 6.54. The summed E-state index contributed by atoms with van der Waals surface area (Å²) in [5, 5.41) is 26.3. The summed E-state index contributed by atoms with van der Waals surface area (Å²) in [6, 6.07) is 13.1. The summed E-state index contributed by atoms with van der Waals surface area (Å²) in [7, 11) is 1.24. The molecule has 0 radical (unpaired) electrons. The van der Waals surface area contributed by atoms with Crippen molar-refractivity contribution < 1.29 is 33.5 Å². The van der Waals surface area contributed by atoms with Crippen molar-refractivity contribution in [2.45, 2.75) is 43.9 Å². The van der Waals surface area contributed by atoms with Crippen LogP contribution in [0.4, 0.5) is 0 Å². The summed E-state index contributed by atoms with van der Waals surface area (Å²) < 4.78 is 23.7. The Morgan fingerprint density at radius 1 is 1.26 bits per heavy atom. The lowest BCUT2D eigenvalue weighted by molar-refractivity contribution is -0.142. The molecule has 12 nitrogen and oxygen atoms in total. The van der Waals surface area contributed by atoms with Crippen LogP contribution in [0.15, 0.2) is 64.3 Å². The van der Waals surface area contributed by atoms with Gasteiger partial charge >= 0.3 is 18.3 Å². The third-order valence-corrected chi connectivity index (χ3v) is 8.63. The van der Waals surface area contributed by atoms with Crippen LogP contribution in [0.5, 0.6) is 5.75 Å². The number of esters is 1. The van der Waals surface area contributed by atoms with E-state index in [9.17, 15) is 24.6 Å². The van der Waals surface area contributed by atoms with Gasteiger partial charge in [0.15, 0.2) is 6.23 Å². The zero-order chi connectivity index (χ0) is 27.7. The van der Waals surface area contributed by atoms with E-state index < -0.39 is 53.9 Å². The minimum atomic E-state index is -3.50. The first kappa shape index (κ1) is 28.1. The van der Waals surface area contributed by atoms with Gasteiger partial charge in [0.2, 0.25) is 0 Å². The predicted octanol–water partition coefficient (Wildman–Crippen LogP) is 1.17. The van der Waals surface area contributed by atoms with Crippen LogP contribution in [-0.2, 0) is 30.6 Å². The average Bonchev–Trinajstić information content (AvgIpc) is 3.10. The number of aliphatic hydroxyl groups excluding tert-OH is 1. The van der Waals surface area contributed by atoms with Gasteiger partial charge in [0, 0.05) is 17.6 Å². The number of carbonyl (C=O) groups is 1. The quantitative estimate of drug-likeness (QED) is 0.218. The van der Waals surface area contributed by atoms with Gasteiger partial charge in [-0.15, -0.1) is 0 Å². The van der Waals surface area contributed by atoms with E-state index >= 15 is 0 Å². The molecule has 0 bridgehead atoms. The molecule has 0 saturated carbocycles. The molecule has 1 aromatic heterocycles. The minimum absolute atomic E-state index is 0.366. The van der Waals surface area contributed by atoms with Crippen molar-refractivity contribution in [2.75, 3.05) is 13.7 Å². The van der Waals surface area contributed by atoms with E-state index in [4.69, 9.17) is 30.3 Å². The van der Waals surface area contributed by atoms with Gasteiger partial charge in [0.25, 0.3) is 5.56 Å². The number of nitrogens with one attached hydrogen (secondary N) is 2. The number of ether oxygens (including phenoxy) is 2. The Bertz CT molecular complexity index is 1490. The number of methoxy groups -OCH3 is 1. The third-order valence-electron chi connectivity index (χ3n) is 6.14. The highest BCUT2D eigenvalue weighted by Crippen LogP contribution is 2.48. The normalized spacial score (nSPS) is 25.6. The monoisotopic (exact) mass is 565 g/mol. The van der Waals surface area contributed by atoms with E-state index in [1.54, 1.807) is 12.1 Å². The molecule has 2 unspecified atom stereocenters. The van der Waals surface area contributed by atoms with E-state index in [1.165, 1.54) is 21.0 Å². The fraction of sp³-hybridized carbons (Fsp3) is 0.375. The maximum atomic E-state index is 12.3. The second-order valence-corrected chi connectivity index (χ2v) is 12.1. The molecule has 6 atom stereocenters. The Labute approximate surface area is 222 Å². The number of fused-ring (bicyclic) bond motifs is 1. The van der Waals surface area contributed by atoms with Crippen molar-refractivity contribution in [1.82, 2.24) is 14.6 Å². The fourth-order valence-electron chi connectivity index (χ4n) is 4.12. The first-order valence-corrected chi connectivity index (χ1v) is 14.2. The molecule has 4 rings (SSSR count). The molecule has 3 aromatic rings. The first-order valence-electron chi connectivity index (χ1n) is 11.6. The molecule has 0 spiro atoms. The van der Waals surface area contributed by atoms with Crippen LogP contribution in [0.3, 0.4) is 0 Å². The Kier molecular flexibility index (Phi) is 8.19. The number of benzene rings is 2. The van der Waals surface area contributed by atoms with Crippen LogP contribution in [0.1, 0.15) is 20.1 Å². The summed E-state index contributed by atoms with van der Waals surface area (Å²) in [5.74, 6) is -0.185. The highest BCUT2D eigenvalue weighted by atomic mass is 32.5. The highest BCUT2D eigenvalue weighted by Gasteiger charge is 2.53. The Morgan fingerprint density at radius 3 is 2.68 bits per heavy atom. The highest BCUT2D eigenvalue weighted by molar-refractivity contribution is 8.09. The van der Waals surface area contributed by atoms with Crippen LogP contribution in [-0.4, -0.2) is 63.3 Å². The number of carbonyl (C=O) groups excluding carboxylic acids is 1. The van der Waals surface area contributed by atoms with Gasteiger partial charge < -0.3 is 28.7 Å². The molecule has 4 N–H and O–H groups in total. The second kappa shape index (κ2) is 11.1. The summed E-state index contributed by atoms with van der Waals surface area (Å²) in [4.78, 5) is 37.9. The lowest BCUT2D eigenvalue weighted by atomic mass is 9.96. The Hall–Kier alpha value is -2.90. The van der Waals surface area contributed by atoms with Crippen LogP contribution in [0, 0.1) is 0 Å². The summed E-state index contributed by atoms with van der Waals surface area (Å²) >= 11 is 5.73. The Morgan fingerprint density at radius 2 is 1.97 bits per heavy atom. The van der Waals surface area contributed by atoms with Crippen molar-refractivity contribution >= 4 is 35.2 Å². The van der Waals surface area contributed by atoms with Gasteiger partial charge in [-0.25, -0.2) is 9.88 Å². The van der Waals surface area contributed by atoms with Gasteiger partial charge in [0.05, 0.1) is 13.7 Å². The smallest absolute Gasteiger partial charge is 0.330 e. The number of rotatable bonds is 9. The molecule has 1 saturated heterocycles. The maximum absolute atomic E-state index is 12.3. The molecule has 2 aromatic carbocycles. The van der Waals surface area contributed by atoms with E-state index in [-0.39, 0.29) is 6.61 Å². The van der Waals surface area contributed by atoms with Crippen LogP contribution < -0.4 is 20.9 Å². The van der Waals surface area contributed by atoms with Crippen LogP contribution >= 0.6 is 6.64 Å². The largest absolute Gasteiger partial charge is 0.468 e. The second-order valence-electron chi connectivity index (χ2n) is 8.95. The van der Waals surface area contributed by atoms with Gasteiger partial charge in [-0.1, -0.05) is 36.4 Å². The summed E-state index contributed by atoms with van der Waals surface area (Å²) in [5.41, 5.74) is -3.38. The molecule has 14 heteroatoms. The molecule has 1 aliphatic rings. The molecule has 0 aliphatic carbocycles. The van der Waals surface area contributed by atoms with E-state index in [0.29, 0.717) is 5.75 Å². The molecule has 0 amide bonds. The molecule has 1 aliphatic heterocycles. The zero-order valence-electron chi connectivity index (χ0n) is 20.8. The molecular formula is C24H28N3O9PS. The van der Waals surface area contributed by atoms with Crippen molar-refractivity contribution in [2.24, 2.45) is 0 Å². The van der Waals surface area contributed by atoms with Crippen LogP contribution in [0.2, 0.25) is 0 Å². The van der Waals surface area contributed by atoms with Crippen molar-refractivity contribution in [3.8, 4) is 5.75 Å². The number of aromatic nitrogens is 2. The SMILES string of the molecule is COC(=O)C(C)NP(=S)(OC[C@H]1O[C@@H](n2ccc(=O)[nH]c2=O)[C@](C)(O)[C@@H]1O)Oc1cccc2ccccc12.